The minimum absolute atomic E-state index is 0.134. The van der Waals surface area contributed by atoms with Gasteiger partial charge in [-0.25, -0.2) is 0 Å². The summed E-state index contributed by atoms with van der Waals surface area (Å²) in [5.74, 6) is -5.22. The van der Waals surface area contributed by atoms with Crippen LogP contribution < -0.4 is 14.8 Å². The molecular formula is C44H43N5O12. The molecule has 0 aliphatic carbocycles. The second-order valence-electron chi connectivity index (χ2n) is 14.0. The number of aromatic nitrogens is 2. The summed E-state index contributed by atoms with van der Waals surface area (Å²) in [5.41, 5.74) is 0.154. The van der Waals surface area contributed by atoms with Crippen molar-refractivity contribution >= 4 is 35.6 Å². The number of esters is 2. The highest BCUT2D eigenvalue weighted by Crippen LogP contribution is 2.37. The minimum Gasteiger partial charge on any atom is -0.497 e. The average Bonchev–Trinajstić information content (AvgIpc) is 3.79. The number of hydrogen-bond donors (Lipinski definition) is 2. The summed E-state index contributed by atoms with van der Waals surface area (Å²) in [4.78, 5) is 89.0. The zero-order valence-corrected chi connectivity index (χ0v) is 33.7. The Morgan fingerprint density at radius 3 is 1.82 bits per heavy atom. The van der Waals surface area contributed by atoms with Crippen LogP contribution in [0.25, 0.3) is 22.8 Å². The number of amides is 3. The molecular weight excluding hydrogens is 791 g/mol. The van der Waals surface area contributed by atoms with Crippen LogP contribution in [0.3, 0.4) is 0 Å². The fourth-order valence-electron chi connectivity index (χ4n) is 7.30. The molecule has 17 heteroatoms. The van der Waals surface area contributed by atoms with Gasteiger partial charge in [-0.2, -0.15) is 4.98 Å². The van der Waals surface area contributed by atoms with Crippen LogP contribution in [0.5, 0.6) is 11.5 Å². The van der Waals surface area contributed by atoms with Gasteiger partial charge in [0.2, 0.25) is 17.6 Å². The lowest BCUT2D eigenvalue weighted by Gasteiger charge is -2.49. The van der Waals surface area contributed by atoms with Gasteiger partial charge in [-0.15, -0.1) is 0 Å². The first-order valence-electron chi connectivity index (χ1n) is 19.0. The Labute approximate surface area is 350 Å². The van der Waals surface area contributed by atoms with Crippen molar-refractivity contribution in [3.8, 4) is 34.3 Å². The van der Waals surface area contributed by atoms with E-state index in [4.69, 9.17) is 23.5 Å². The number of hydrogen-bond acceptors (Lipinski definition) is 13. The maximum Gasteiger partial charge on any atom is 0.323 e. The second kappa shape index (κ2) is 19.0. The van der Waals surface area contributed by atoms with E-state index in [0.717, 1.165) is 29.6 Å². The number of ether oxygens (including phenoxy) is 4. The van der Waals surface area contributed by atoms with Gasteiger partial charge in [0, 0.05) is 35.7 Å². The predicted octanol–water partition coefficient (Wildman–Crippen LogP) is 3.97. The van der Waals surface area contributed by atoms with Crippen molar-refractivity contribution in [3.63, 3.8) is 0 Å². The standard InChI is InChI=1S/C44H43N5O12/c1-57-32-18-14-27(15-19-32)37(28-16-20-33(58-2)21-17-28)38(45-40(54)30-12-10-29(11-13-30)39-46-41(61-47-39)31-8-6-5-7-9-31)42(55)49-23-22-48(26-34(50)51)43(56)44(49,24-35(52)59-3)25-36(53)60-4/h5-21,37-38H,22-26H2,1-4H3,(H,45,54)(H,50,51)/t38-/m0/s1. The van der Waals surface area contributed by atoms with E-state index in [-0.39, 0.29) is 24.5 Å². The lowest BCUT2D eigenvalue weighted by Crippen LogP contribution is -2.71. The molecule has 1 aromatic heterocycles. The molecule has 316 valence electrons. The van der Waals surface area contributed by atoms with Crippen molar-refractivity contribution in [2.75, 3.05) is 48.1 Å². The van der Waals surface area contributed by atoms with Gasteiger partial charge in [-0.1, -0.05) is 59.8 Å². The van der Waals surface area contributed by atoms with Crippen LogP contribution in [0, 0.1) is 0 Å². The van der Waals surface area contributed by atoms with Crippen molar-refractivity contribution < 1.29 is 57.3 Å². The van der Waals surface area contributed by atoms with E-state index in [1.165, 1.54) is 26.4 Å². The number of rotatable bonds is 16. The molecule has 0 radical (unpaired) electrons. The molecule has 1 saturated heterocycles. The molecule has 1 aliphatic rings. The number of nitrogens with one attached hydrogen (secondary N) is 1. The molecule has 0 saturated carbocycles. The van der Waals surface area contributed by atoms with Crippen LogP contribution in [-0.2, 0) is 33.4 Å². The van der Waals surface area contributed by atoms with Crippen molar-refractivity contribution in [2.24, 2.45) is 0 Å². The third-order valence-corrected chi connectivity index (χ3v) is 10.4. The normalized spacial score (nSPS) is 13.9. The lowest BCUT2D eigenvalue weighted by atomic mass is 9.80. The molecule has 17 nitrogen and oxygen atoms in total. The third-order valence-electron chi connectivity index (χ3n) is 10.4. The maximum absolute atomic E-state index is 15.5. The molecule has 2 heterocycles. The zero-order valence-electron chi connectivity index (χ0n) is 33.7. The van der Waals surface area contributed by atoms with Crippen LogP contribution in [0.2, 0.25) is 0 Å². The first-order chi connectivity index (χ1) is 29.4. The molecule has 0 spiro atoms. The molecule has 1 atom stereocenters. The summed E-state index contributed by atoms with van der Waals surface area (Å²) in [7, 11) is 5.14. The predicted molar refractivity (Wildman–Crippen MR) is 216 cm³/mol. The molecule has 0 bridgehead atoms. The summed E-state index contributed by atoms with van der Waals surface area (Å²) in [6.07, 6.45) is -1.67. The number of carbonyl (C=O) groups is 6. The summed E-state index contributed by atoms with van der Waals surface area (Å²) < 4.78 is 26.1. The number of carbonyl (C=O) groups excluding carboxylic acids is 5. The van der Waals surface area contributed by atoms with Gasteiger partial charge in [0.25, 0.3) is 11.8 Å². The van der Waals surface area contributed by atoms with Crippen LogP contribution >= 0.6 is 0 Å². The molecule has 2 N–H and O–H groups in total. The Morgan fingerprint density at radius 2 is 1.31 bits per heavy atom. The summed E-state index contributed by atoms with van der Waals surface area (Å²) >= 11 is 0. The smallest absolute Gasteiger partial charge is 0.323 e. The van der Waals surface area contributed by atoms with E-state index in [2.05, 4.69) is 15.5 Å². The van der Waals surface area contributed by atoms with E-state index >= 15 is 4.79 Å². The Hall–Kier alpha value is -7.56. The van der Waals surface area contributed by atoms with Crippen molar-refractivity contribution in [1.82, 2.24) is 25.3 Å². The van der Waals surface area contributed by atoms with Crippen LogP contribution in [0.1, 0.15) is 40.2 Å². The Morgan fingerprint density at radius 1 is 0.754 bits per heavy atom. The summed E-state index contributed by atoms with van der Waals surface area (Å²) in [5, 5.41) is 16.7. The van der Waals surface area contributed by atoms with Gasteiger partial charge >= 0.3 is 17.9 Å². The average molecular weight is 834 g/mol. The number of aliphatic carboxylic acids is 1. The zero-order chi connectivity index (χ0) is 43.7. The van der Waals surface area contributed by atoms with Crippen molar-refractivity contribution in [2.45, 2.75) is 30.3 Å². The molecule has 3 amide bonds. The number of benzene rings is 4. The van der Waals surface area contributed by atoms with E-state index in [1.807, 2.05) is 30.3 Å². The van der Waals surface area contributed by atoms with Crippen LogP contribution in [-0.4, -0.2) is 120 Å². The van der Waals surface area contributed by atoms with E-state index < -0.39 is 72.5 Å². The number of nitrogens with zero attached hydrogens (tertiary/aromatic N) is 4. The van der Waals surface area contributed by atoms with Crippen LogP contribution in [0.15, 0.2) is 108 Å². The highest BCUT2D eigenvalue weighted by molar-refractivity contribution is 6.03. The largest absolute Gasteiger partial charge is 0.497 e. The minimum atomic E-state index is -2.32. The SMILES string of the molecule is COC(=O)CC1(CC(=O)OC)C(=O)N(CC(=O)O)CCN1C(=O)[C@@H](NC(=O)c1ccc(-c2noc(-c3ccccc3)n2)cc1)C(c1ccc(OC)cc1)c1ccc(OC)cc1. The molecule has 6 rings (SSSR count). The Kier molecular flexibility index (Phi) is 13.4. The fraction of sp³-hybridized carbons (Fsp3) is 0.273. The number of carboxylic acid groups (broad SMARTS) is 1. The molecule has 0 unspecified atom stereocenters. The van der Waals surface area contributed by atoms with E-state index in [1.54, 1.807) is 60.7 Å². The van der Waals surface area contributed by atoms with Gasteiger partial charge in [0.05, 0.1) is 41.3 Å². The summed E-state index contributed by atoms with van der Waals surface area (Å²) in [6.45, 7) is -1.39. The summed E-state index contributed by atoms with van der Waals surface area (Å²) in [6, 6.07) is 27.5. The molecule has 61 heavy (non-hydrogen) atoms. The quantitative estimate of drug-likeness (QED) is 0.135. The van der Waals surface area contributed by atoms with Crippen molar-refractivity contribution in [1.29, 1.82) is 0 Å². The first kappa shape index (κ1) is 43.0. The van der Waals surface area contributed by atoms with E-state index in [9.17, 15) is 29.1 Å². The third kappa shape index (κ3) is 9.51. The molecule has 1 aliphatic heterocycles. The molecule has 5 aromatic rings. The first-order valence-corrected chi connectivity index (χ1v) is 19.0. The maximum atomic E-state index is 15.5. The van der Waals surface area contributed by atoms with Crippen LogP contribution in [0.4, 0.5) is 0 Å². The van der Waals surface area contributed by atoms with Gasteiger partial charge in [-0.05, 0) is 59.7 Å². The highest BCUT2D eigenvalue weighted by Gasteiger charge is 2.56. The number of methoxy groups -OCH3 is 4. The van der Waals surface area contributed by atoms with Gasteiger partial charge < -0.3 is 43.7 Å². The highest BCUT2D eigenvalue weighted by atomic mass is 16.5. The van der Waals surface area contributed by atoms with E-state index in [0.29, 0.717) is 34.1 Å². The molecule has 1 fully saturated rings. The second-order valence-corrected chi connectivity index (χ2v) is 14.0. The lowest BCUT2D eigenvalue weighted by molar-refractivity contribution is -0.173. The fourth-order valence-corrected chi connectivity index (χ4v) is 7.30. The topological polar surface area (TPSA) is 217 Å². The van der Waals surface area contributed by atoms with Crippen molar-refractivity contribution in [3.05, 3.63) is 120 Å². The van der Waals surface area contributed by atoms with Gasteiger partial charge in [0.15, 0.2) is 0 Å². The number of carboxylic acids is 1. The van der Waals surface area contributed by atoms with Gasteiger partial charge in [-0.3, -0.25) is 28.8 Å². The molecule has 4 aromatic carbocycles. The Balaban J connectivity index is 1.46. The Bertz CT molecular complexity index is 2300. The number of piperazine rings is 1. The van der Waals surface area contributed by atoms with Gasteiger partial charge in [0.1, 0.15) is 29.6 Å². The monoisotopic (exact) mass is 833 g/mol.